The minimum absolute atomic E-state index is 0.379. The molecule has 2 rings (SSSR count). The molecule has 4 nitrogen and oxygen atoms in total. The molecule has 2 aromatic rings. The molecule has 0 radical (unpaired) electrons. The summed E-state index contributed by atoms with van der Waals surface area (Å²) in [5.41, 5.74) is 10.5. The lowest BCUT2D eigenvalue weighted by atomic mass is 9.98. The molecule has 0 bridgehead atoms. The minimum Gasteiger partial charge on any atom is -0.192 e. The number of nitriles is 1. The Morgan fingerprint density at radius 2 is 2.00 bits per heavy atom. The van der Waals surface area contributed by atoms with Gasteiger partial charge in [0.2, 0.25) is 0 Å². The fourth-order valence-electron chi connectivity index (χ4n) is 1.88. The predicted molar refractivity (Wildman–Crippen MR) is 71.6 cm³/mol. The van der Waals surface area contributed by atoms with Crippen LogP contribution in [0.2, 0.25) is 0 Å². The molecule has 0 spiro atoms. The van der Waals surface area contributed by atoms with E-state index in [-0.39, 0.29) is 0 Å². The Hall–Kier alpha value is -2.50. The van der Waals surface area contributed by atoms with Crippen molar-refractivity contribution >= 4 is 16.5 Å². The summed E-state index contributed by atoms with van der Waals surface area (Å²) in [7, 11) is 0. The van der Waals surface area contributed by atoms with Crippen molar-refractivity contribution in [2.75, 3.05) is 0 Å². The van der Waals surface area contributed by atoms with Gasteiger partial charge in [-0.25, -0.2) is 0 Å². The molecule has 0 amide bonds. The highest BCUT2D eigenvalue weighted by molar-refractivity contribution is 5.88. The molecule has 2 aromatic carbocycles. The summed E-state index contributed by atoms with van der Waals surface area (Å²) in [6, 6.07) is 11.7. The molecule has 0 aromatic heterocycles. The van der Waals surface area contributed by atoms with Gasteiger partial charge in [0, 0.05) is 4.91 Å². The van der Waals surface area contributed by atoms with E-state index in [1.807, 2.05) is 6.07 Å². The lowest BCUT2D eigenvalue weighted by molar-refractivity contribution is 0.869. The normalized spacial score (nSPS) is 10.1. The highest BCUT2D eigenvalue weighted by atomic mass is 15.1. The van der Waals surface area contributed by atoms with Crippen LogP contribution in [0.4, 0.5) is 5.69 Å². The van der Waals surface area contributed by atoms with Crippen LogP contribution in [0.3, 0.4) is 0 Å². The van der Waals surface area contributed by atoms with Crippen molar-refractivity contribution in [1.29, 1.82) is 5.26 Å². The Kier molecular flexibility index (Phi) is 3.18. The molecule has 0 fully saturated rings. The van der Waals surface area contributed by atoms with Crippen molar-refractivity contribution in [3.05, 3.63) is 51.9 Å². The summed E-state index contributed by atoms with van der Waals surface area (Å²) in [4.78, 5) is 2.74. The molecular weight excluding hydrogens is 224 g/mol. The molecule has 18 heavy (non-hydrogen) atoms. The monoisotopic (exact) mass is 236 g/mol. The summed E-state index contributed by atoms with van der Waals surface area (Å²) in [6.45, 7) is 4.25. The Bertz CT molecular complexity index is 689. The van der Waals surface area contributed by atoms with E-state index in [0.717, 1.165) is 10.8 Å². The molecule has 0 unspecified atom stereocenters. The average Bonchev–Trinajstić information content (AvgIpc) is 2.37. The highest BCUT2D eigenvalue weighted by Crippen LogP contribution is 2.28. The number of azide groups is 1. The minimum atomic E-state index is 0.379. The zero-order chi connectivity index (χ0) is 13.1. The molecule has 0 heterocycles. The predicted octanol–water partition coefficient (Wildman–Crippen LogP) is 4.78. The number of nitrogens with zero attached hydrogens (tertiary/aromatic N) is 4. The van der Waals surface area contributed by atoms with Crippen molar-refractivity contribution in [1.82, 2.24) is 0 Å². The zero-order valence-corrected chi connectivity index (χ0v) is 10.3. The van der Waals surface area contributed by atoms with Crippen LogP contribution in [0.15, 0.2) is 35.4 Å². The van der Waals surface area contributed by atoms with Gasteiger partial charge in [0.15, 0.2) is 0 Å². The molecule has 0 aliphatic rings. The van der Waals surface area contributed by atoms with Crippen molar-refractivity contribution in [3.8, 4) is 6.07 Å². The van der Waals surface area contributed by atoms with Gasteiger partial charge in [0.1, 0.15) is 0 Å². The third-order valence-electron chi connectivity index (χ3n) is 2.92. The summed E-state index contributed by atoms with van der Waals surface area (Å²) in [5.74, 6) is 0.441. The maximum Gasteiger partial charge on any atom is 0.0996 e. The van der Waals surface area contributed by atoms with Gasteiger partial charge in [-0.3, -0.25) is 0 Å². The summed E-state index contributed by atoms with van der Waals surface area (Å²) in [6.07, 6.45) is 0. The number of benzene rings is 2. The van der Waals surface area contributed by atoms with Gasteiger partial charge in [0.05, 0.1) is 17.3 Å². The van der Waals surface area contributed by atoms with Gasteiger partial charge in [-0.15, -0.1) is 0 Å². The van der Waals surface area contributed by atoms with Crippen LogP contribution in [0.5, 0.6) is 0 Å². The van der Waals surface area contributed by atoms with E-state index >= 15 is 0 Å². The second kappa shape index (κ2) is 4.79. The topological polar surface area (TPSA) is 72.6 Å². The molecule has 4 heteroatoms. The van der Waals surface area contributed by atoms with Gasteiger partial charge in [0.25, 0.3) is 0 Å². The van der Waals surface area contributed by atoms with E-state index in [9.17, 15) is 0 Å². The smallest absolute Gasteiger partial charge is 0.0996 e. The van der Waals surface area contributed by atoms with Crippen molar-refractivity contribution in [3.63, 3.8) is 0 Å². The van der Waals surface area contributed by atoms with Crippen LogP contribution in [-0.2, 0) is 0 Å². The van der Waals surface area contributed by atoms with E-state index in [1.54, 1.807) is 12.1 Å². The fourth-order valence-corrected chi connectivity index (χ4v) is 1.88. The first-order chi connectivity index (χ1) is 8.65. The zero-order valence-electron chi connectivity index (χ0n) is 10.3. The Morgan fingerprint density at radius 3 is 2.61 bits per heavy atom. The molecule has 0 saturated carbocycles. The average molecular weight is 236 g/mol. The summed E-state index contributed by atoms with van der Waals surface area (Å²) >= 11 is 0. The quantitative estimate of drug-likeness (QED) is 0.420. The molecule has 0 aliphatic carbocycles. The Morgan fingerprint density at radius 1 is 1.22 bits per heavy atom. The van der Waals surface area contributed by atoms with Crippen LogP contribution in [-0.4, -0.2) is 0 Å². The maximum absolute atomic E-state index is 9.05. The molecule has 0 aliphatic heterocycles. The van der Waals surface area contributed by atoms with E-state index in [4.69, 9.17) is 10.8 Å². The highest BCUT2D eigenvalue weighted by Gasteiger charge is 2.05. The second-order valence-corrected chi connectivity index (χ2v) is 4.43. The second-order valence-electron chi connectivity index (χ2n) is 4.43. The Balaban J connectivity index is 2.71. The number of hydrogen-bond donors (Lipinski definition) is 0. The van der Waals surface area contributed by atoms with E-state index in [2.05, 4.69) is 42.1 Å². The van der Waals surface area contributed by atoms with Crippen LogP contribution in [0, 0.1) is 11.3 Å². The molecular formula is C14H12N4. The van der Waals surface area contributed by atoms with Crippen LogP contribution in [0.25, 0.3) is 21.2 Å². The largest absolute Gasteiger partial charge is 0.192 e. The number of rotatable bonds is 2. The number of fused-ring (bicyclic) bond motifs is 1. The standard InChI is InChI=1S/C14H12N4/c1-9(2)10-3-4-11-7-14(17-18-16)13(8-15)6-12(11)5-10/h3-7,9H,1-2H3. The number of hydrogen-bond acceptors (Lipinski definition) is 2. The van der Waals surface area contributed by atoms with E-state index in [1.165, 1.54) is 5.56 Å². The lowest BCUT2D eigenvalue weighted by Crippen LogP contribution is -1.87. The molecule has 0 saturated heterocycles. The van der Waals surface area contributed by atoms with Gasteiger partial charge in [-0.2, -0.15) is 5.26 Å². The molecule has 0 atom stereocenters. The molecule has 88 valence electrons. The summed E-state index contributed by atoms with van der Waals surface area (Å²) < 4.78 is 0. The van der Waals surface area contributed by atoms with Gasteiger partial charge in [-0.1, -0.05) is 37.2 Å². The van der Waals surface area contributed by atoms with Gasteiger partial charge in [-0.05, 0) is 39.9 Å². The van der Waals surface area contributed by atoms with E-state index < -0.39 is 0 Å². The van der Waals surface area contributed by atoms with Crippen LogP contribution < -0.4 is 0 Å². The van der Waals surface area contributed by atoms with Crippen molar-refractivity contribution in [2.24, 2.45) is 5.11 Å². The summed E-state index contributed by atoms with van der Waals surface area (Å²) in [5, 5.41) is 14.6. The van der Waals surface area contributed by atoms with E-state index in [0.29, 0.717) is 17.2 Å². The maximum atomic E-state index is 9.05. The first-order valence-electron chi connectivity index (χ1n) is 5.68. The SMILES string of the molecule is CC(C)c1ccc2cc(N=[N+]=[N-])c(C#N)cc2c1. The third kappa shape index (κ3) is 2.13. The van der Waals surface area contributed by atoms with Crippen molar-refractivity contribution < 1.29 is 0 Å². The first-order valence-corrected chi connectivity index (χ1v) is 5.68. The third-order valence-corrected chi connectivity index (χ3v) is 2.92. The fraction of sp³-hybridized carbons (Fsp3) is 0.214. The van der Waals surface area contributed by atoms with Crippen LogP contribution >= 0.6 is 0 Å². The van der Waals surface area contributed by atoms with Crippen LogP contribution in [0.1, 0.15) is 30.9 Å². The lowest BCUT2D eigenvalue weighted by Gasteiger charge is -2.08. The van der Waals surface area contributed by atoms with Crippen molar-refractivity contribution in [2.45, 2.75) is 19.8 Å². The Labute approximate surface area is 105 Å². The van der Waals surface area contributed by atoms with Gasteiger partial charge >= 0.3 is 0 Å². The molecule has 0 N–H and O–H groups in total. The first kappa shape index (κ1) is 12.0. The van der Waals surface area contributed by atoms with Gasteiger partial charge < -0.3 is 0 Å².